The van der Waals surface area contributed by atoms with Crippen molar-refractivity contribution in [1.82, 2.24) is 10.2 Å². The molecule has 0 bridgehead atoms. The number of amides is 2. The van der Waals surface area contributed by atoms with Gasteiger partial charge < -0.3 is 15.0 Å². The minimum Gasteiger partial charge on any atom is -0.497 e. The number of carbonyl (C=O) groups is 2. The Kier molecular flexibility index (Phi) is 10.9. The zero-order chi connectivity index (χ0) is 30.2. The molecular weight excluding hydrogens is 538 g/mol. The van der Waals surface area contributed by atoms with Crippen molar-refractivity contribution < 1.29 is 22.7 Å². The fourth-order valence-electron chi connectivity index (χ4n) is 4.37. The topological polar surface area (TPSA) is 96.0 Å². The summed E-state index contributed by atoms with van der Waals surface area (Å²) in [5.74, 6) is -0.221. The average molecular weight is 580 g/mol. The van der Waals surface area contributed by atoms with Crippen LogP contribution in [0.15, 0.2) is 77.7 Å². The molecule has 0 radical (unpaired) electrons. The molecule has 2 amide bonds. The van der Waals surface area contributed by atoms with Gasteiger partial charge in [-0.25, -0.2) is 8.42 Å². The molecule has 220 valence electrons. The first-order valence-corrected chi connectivity index (χ1v) is 15.3. The Morgan fingerprint density at radius 3 is 1.93 bits per heavy atom. The maximum absolute atomic E-state index is 14.1. The number of nitrogens with one attached hydrogen (secondary N) is 1. The monoisotopic (exact) mass is 579 g/mol. The molecule has 0 saturated carbocycles. The van der Waals surface area contributed by atoms with E-state index in [-0.39, 0.29) is 23.4 Å². The van der Waals surface area contributed by atoms with Crippen molar-refractivity contribution in [3.63, 3.8) is 0 Å². The summed E-state index contributed by atoms with van der Waals surface area (Å²) in [5.41, 5.74) is 3.23. The van der Waals surface area contributed by atoms with Gasteiger partial charge in [0, 0.05) is 12.6 Å². The lowest BCUT2D eigenvalue weighted by Gasteiger charge is -2.33. The molecule has 1 N–H and O–H groups in total. The van der Waals surface area contributed by atoms with Gasteiger partial charge in [0.2, 0.25) is 11.8 Å². The number of carbonyl (C=O) groups excluding carboxylic acids is 2. The molecule has 0 spiro atoms. The number of methoxy groups -OCH3 is 1. The van der Waals surface area contributed by atoms with E-state index in [4.69, 9.17) is 4.74 Å². The molecule has 0 fully saturated rings. The molecule has 0 aromatic heterocycles. The van der Waals surface area contributed by atoms with E-state index in [0.29, 0.717) is 17.9 Å². The van der Waals surface area contributed by atoms with Crippen LogP contribution in [0, 0.1) is 13.8 Å². The number of aryl methyl sites for hydroxylation is 2. The van der Waals surface area contributed by atoms with Gasteiger partial charge in [0.1, 0.15) is 18.3 Å². The summed E-state index contributed by atoms with van der Waals surface area (Å²) in [7, 11) is -2.64. The zero-order valence-corrected chi connectivity index (χ0v) is 25.6. The molecule has 8 nitrogen and oxygen atoms in total. The van der Waals surface area contributed by atoms with Crippen molar-refractivity contribution in [2.45, 2.75) is 71.0 Å². The smallest absolute Gasteiger partial charge is 0.264 e. The second-order valence-electron chi connectivity index (χ2n) is 10.3. The minimum absolute atomic E-state index is 0.0262. The fourth-order valence-corrected chi connectivity index (χ4v) is 5.78. The SMILES string of the molecule is CC[C@H](C(=O)N[C@@H](C)CC)N(Cc1ccc(C)cc1)C(=O)CN(c1ccc(C)cc1)S(=O)(=O)c1ccc(OC)cc1. The number of ether oxygens (including phenoxy) is 1. The van der Waals surface area contributed by atoms with Crippen molar-refractivity contribution in [3.8, 4) is 5.75 Å². The van der Waals surface area contributed by atoms with E-state index in [1.807, 2.05) is 58.9 Å². The molecule has 3 aromatic carbocycles. The van der Waals surface area contributed by atoms with Crippen LogP contribution in [0.4, 0.5) is 5.69 Å². The van der Waals surface area contributed by atoms with E-state index in [1.54, 1.807) is 36.4 Å². The van der Waals surface area contributed by atoms with Gasteiger partial charge in [0.15, 0.2) is 0 Å². The zero-order valence-electron chi connectivity index (χ0n) is 24.8. The van der Waals surface area contributed by atoms with E-state index < -0.39 is 28.5 Å². The Morgan fingerprint density at radius 1 is 0.854 bits per heavy atom. The summed E-state index contributed by atoms with van der Waals surface area (Å²) >= 11 is 0. The van der Waals surface area contributed by atoms with Crippen LogP contribution >= 0.6 is 0 Å². The highest BCUT2D eigenvalue weighted by molar-refractivity contribution is 7.92. The normalized spacial score (nSPS) is 12.7. The van der Waals surface area contributed by atoms with Gasteiger partial charge in [-0.1, -0.05) is 61.4 Å². The van der Waals surface area contributed by atoms with Crippen molar-refractivity contribution in [3.05, 3.63) is 89.5 Å². The Bertz CT molecular complexity index is 1410. The van der Waals surface area contributed by atoms with E-state index in [1.165, 1.54) is 24.1 Å². The van der Waals surface area contributed by atoms with Gasteiger partial charge in [-0.3, -0.25) is 13.9 Å². The van der Waals surface area contributed by atoms with E-state index in [2.05, 4.69) is 5.32 Å². The van der Waals surface area contributed by atoms with E-state index in [9.17, 15) is 18.0 Å². The van der Waals surface area contributed by atoms with Crippen molar-refractivity contribution >= 4 is 27.5 Å². The van der Waals surface area contributed by atoms with Gasteiger partial charge in [-0.2, -0.15) is 0 Å². The van der Waals surface area contributed by atoms with Crippen LogP contribution in [0.2, 0.25) is 0 Å². The quantitative estimate of drug-likeness (QED) is 0.299. The highest BCUT2D eigenvalue weighted by Crippen LogP contribution is 2.26. The number of hydrogen-bond acceptors (Lipinski definition) is 5. The lowest BCUT2D eigenvalue weighted by Crippen LogP contribution is -2.53. The fraction of sp³-hybridized carbons (Fsp3) is 0.375. The largest absolute Gasteiger partial charge is 0.497 e. The van der Waals surface area contributed by atoms with Gasteiger partial charge >= 0.3 is 0 Å². The third kappa shape index (κ3) is 8.10. The predicted molar refractivity (Wildman–Crippen MR) is 162 cm³/mol. The average Bonchev–Trinajstić information content (AvgIpc) is 2.97. The molecule has 2 atom stereocenters. The van der Waals surface area contributed by atoms with Gasteiger partial charge in [-0.05, 0) is 75.6 Å². The van der Waals surface area contributed by atoms with Crippen LogP contribution < -0.4 is 14.4 Å². The maximum atomic E-state index is 14.1. The first-order chi connectivity index (χ1) is 19.5. The number of nitrogens with zero attached hydrogens (tertiary/aromatic N) is 2. The van der Waals surface area contributed by atoms with Crippen LogP contribution in [-0.4, -0.2) is 50.9 Å². The summed E-state index contributed by atoms with van der Waals surface area (Å²) in [6, 6.07) is 19.9. The summed E-state index contributed by atoms with van der Waals surface area (Å²) in [6.45, 7) is 9.31. The summed E-state index contributed by atoms with van der Waals surface area (Å²) < 4.78 is 34.2. The number of benzene rings is 3. The second kappa shape index (κ2) is 14.2. The van der Waals surface area contributed by atoms with E-state index in [0.717, 1.165) is 27.4 Å². The summed E-state index contributed by atoms with van der Waals surface area (Å²) in [6.07, 6.45) is 1.12. The third-order valence-corrected chi connectivity index (χ3v) is 8.90. The Balaban J connectivity index is 2.05. The molecule has 0 heterocycles. The number of rotatable bonds is 13. The van der Waals surface area contributed by atoms with Crippen LogP contribution in [-0.2, 0) is 26.2 Å². The number of sulfonamides is 1. The molecule has 0 aliphatic heterocycles. The lowest BCUT2D eigenvalue weighted by atomic mass is 10.1. The number of anilines is 1. The van der Waals surface area contributed by atoms with E-state index >= 15 is 0 Å². The molecule has 0 aliphatic carbocycles. The maximum Gasteiger partial charge on any atom is 0.264 e. The van der Waals surface area contributed by atoms with Gasteiger partial charge in [0.25, 0.3) is 10.0 Å². The molecule has 3 aromatic rings. The summed E-state index contributed by atoms with van der Waals surface area (Å²) in [5, 5.41) is 2.99. The first-order valence-electron chi connectivity index (χ1n) is 13.9. The van der Waals surface area contributed by atoms with Crippen LogP contribution in [0.3, 0.4) is 0 Å². The standard InChI is InChI=1S/C32H41N3O5S/c1-7-25(5)33-32(37)30(8-2)34(21-26-13-9-23(3)10-14-26)31(36)22-35(27-15-11-24(4)12-16-27)41(38,39)29-19-17-28(40-6)18-20-29/h9-20,25,30H,7-8,21-22H2,1-6H3,(H,33,37)/t25-,30+/m0/s1. The highest BCUT2D eigenvalue weighted by atomic mass is 32.2. The molecular formula is C32H41N3O5S. The number of hydrogen-bond donors (Lipinski definition) is 1. The molecule has 9 heteroatoms. The Morgan fingerprint density at radius 2 is 1.41 bits per heavy atom. The summed E-state index contributed by atoms with van der Waals surface area (Å²) in [4.78, 5) is 29.0. The molecule has 0 aliphatic rings. The molecule has 0 unspecified atom stereocenters. The van der Waals surface area contributed by atoms with Gasteiger partial charge in [-0.15, -0.1) is 0 Å². The minimum atomic E-state index is -4.14. The van der Waals surface area contributed by atoms with Crippen LogP contribution in [0.5, 0.6) is 5.75 Å². The van der Waals surface area contributed by atoms with Crippen LogP contribution in [0.1, 0.15) is 50.3 Å². The second-order valence-corrected chi connectivity index (χ2v) is 12.1. The van der Waals surface area contributed by atoms with Crippen molar-refractivity contribution in [2.75, 3.05) is 18.0 Å². The Labute approximate surface area is 244 Å². The van der Waals surface area contributed by atoms with Gasteiger partial charge in [0.05, 0.1) is 17.7 Å². The highest BCUT2D eigenvalue weighted by Gasteiger charge is 2.34. The lowest BCUT2D eigenvalue weighted by molar-refractivity contribution is -0.140. The molecule has 3 rings (SSSR count). The molecule has 0 saturated heterocycles. The Hall–Kier alpha value is -3.85. The predicted octanol–water partition coefficient (Wildman–Crippen LogP) is 5.23. The third-order valence-electron chi connectivity index (χ3n) is 7.11. The van der Waals surface area contributed by atoms with Crippen LogP contribution in [0.25, 0.3) is 0 Å². The molecule has 41 heavy (non-hydrogen) atoms. The van der Waals surface area contributed by atoms with Crippen molar-refractivity contribution in [1.29, 1.82) is 0 Å². The van der Waals surface area contributed by atoms with Crippen molar-refractivity contribution in [2.24, 2.45) is 0 Å². The first kappa shape index (κ1) is 31.7.